The van der Waals surface area contributed by atoms with Crippen molar-refractivity contribution >= 4 is 0 Å². The number of hydrogen-bond acceptors (Lipinski definition) is 3. The summed E-state index contributed by atoms with van der Waals surface area (Å²) in [7, 11) is 1.61. The van der Waals surface area contributed by atoms with Gasteiger partial charge in [0.2, 0.25) is 5.88 Å². The average molecular weight is 206 g/mol. The van der Waals surface area contributed by atoms with E-state index in [9.17, 15) is 0 Å². The van der Waals surface area contributed by atoms with Crippen LogP contribution in [0.15, 0.2) is 30.5 Å². The molecule has 0 saturated heterocycles. The first kappa shape index (κ1) is 11.7. The Morgan fingerprint density at radius 3 is 2.80 bits per heavy atom. The third kappa shape index (κ3) is 4.13. The van der Waals surface area contributed by atoms with E-state index in [1.165, 1.54) is 0 Å². The number of methoxy groups -OCH3 is 1. The second-order valence-corrected chi connectivity index (χ2v) is 3.83. The van der Waals surface area contributed by atoms with E-state index in [4.69, 9.17) is 10.5 Å². The van der Waals surface area contributed by atoms with Gasteiger partial charge in [-0.15, -0.1) is 6.58 Å². The Kier molecular flexibility index (Phi) is 4.31. The van der Waals surface area contributed by atoms with Crippen LogP contribution in [0.3, 0.4) is 0 Å². The zero-order chi connectivity index (χ0) is 11.3. The van der Waals surface area contributed by atoms with Crippen LogP contribution in [0.25, 0.3) is 0 Å². The van der Waals surface area contributed by atoms with Crippen molar-refractivity contribution in [3.8, 4) is 5.88 Å². The molecule has 0 bridgehead atoms. The maximum absolute atomic E-state index is 5.96. The van der Waals surface area contributed by atoms with Crippen molar-refractivity contribution in [2.45, 2.75) is 25.8 Å². The Balaban J connectivity index is 2.53. The van der Waals surface area contributed by atoms with Crippen LogP contribution in [0.2, 0.25) is 0 Å². The van der Waals surface area contributed by atoms with Gasteiger partial charge < -0.3 is 10.5 Å². The molecule has 0 aromatic carbocycles. The lowest BCUT2D eigenvalue weighted by molar-refractivity contribution is 0.397. The Labute approximate surface area is 91.0 Å². The lowest BCUT2D eigenvalue weighted by Crippen LogP contribution is -2.22. The van der Waals surface area contributed by atoms with Crippen molar-refractivity contribution in [1.29, 1.82) is 0 Å². The lowest BCUT2D eigenvalue weighted by Gasteiger charge is -2.11. The normalized spacial score (nSPS) is 12.2. The summed E-state index contributed by atoms with van der Waals surface area (Å²) in [5.74, 6) is 0.632. The van der Waals surface area contributed by atoms with Crippen molar-refractivity contribution in [1.82, 2.24) is 4.98 Å². The van der Waals surface area contributed by atoms with Crippen LogP contribution in [0.5, 0.6) is 5.88 Å². The summed E-state index contributed by atoms with van der Waals surface area (Å²) in [6.45, 7) is 5.84. The lowest BCUT2D eigenvalue weighted by atomic mass is 10.0. The highest BCUT2D eigenvalue weighted by Crippen LogP contribution is 2.10. The van der Waals surface area contributed by atoms with Gasteiger partial charge in [-0.1, -0.05) is 11.6 Å². The molecule has 3 heteroatoms. The third-order valence-electron chi connectivity index (χ3n) is 2.12. The van der Waals surface area contributed by atoms with E-state index in [-0.39, 0.29) is 6.04 Å². The van der Waals surface area contributed by atoms with E-state index in [0.29, 0.717) is 5.88 Å². The second kappa shape index (κ2) is 5.51. The first-order valence-electron chi connectivity index (χ1n) is 5.00. The van der Waals surface area contributed by atoms with E-state index in [1.54, 1.807) is 13.3 Å². The van der Waals surface area contributed by atoms with E-state index < -0.39 is 0 Å². The van der Waals surface area contributed by atoms with Gasteiger partial charge >= 0.3 is 0 Å². The van der Waals surface area contributed by atoms with Crippen LogP contribution in [-0.4, -0.2) is 18.1 Å². The fourth-order valence-electron chi connectivity index (χ4n) is 1.47. The van der Waals surface area contributed by atoms with Gasteiger partial charge in [0.25, 0.3) is 0 Å². The van der Waals surface area contributed by atoms with Gasteiger partial charge in [0, 0.05) is 18.3 Å². The molecule has 2 N–H and O–H groups in total. The van der Waals surface area contributed by atoms with Crippen LogP contribution < -0.4 is 10.5 Å². The minimum absolute atomic E-state index is 0.123. The van der Waals surface area contributed by atoms with E-state index in [1.807, 2.05) is 19.1 Å². The van der Waals surface area contributed by atoms with Crippen molar-refractivity contribution in [3.63, 3.8) is 0 Å². The standard InChI is InChI=1S/C12H18N2O/c1-9(2)6-11(13)7-10-4-5-12(15-3)14-8-10/h4-5,8,11H,1,6-7,13H2,2-3H3. The predicted molar refractivity (Wildman–Crippen MR) is 61.9 cm³/mol. The molecule has 0 spiro atoms. The van der Waals surface area contributed by atoms with E-state index >= 15 is 0 Å². The fourth-order valence-corrected chi connectivity index (χ4v) is 1.47. The fraction of sp³-hybridized carbons (Fsp3) is 0.417. The molecule has 1 aromatic heterocycles. The van der Waals surface area contributed by atoms with Crippen molar-refractivity contribution in [2.75, 3.05) is 7.11 Å². The zero-order valence-corrected chi connectivity index (χ0v) is 9.36. The predicted octanol–water partition coefficient (Wildman–Crippen LogP) is 1.93. The van der Waals surface area contributed by atoms with Crippen molar-refractivity contribution < 1.29 is 4.74 Å². The van der Waals surface area contributed by atoms with Gasteiger partial charge in [0.05, 0.1) is 7.11 Å². The molecule has 0 fully saturated rings. The second-order valence-electron chi connectivity index (χ2n) is 3.83. The quantitative estimate of drug-likeness (QED) is 0.749. The first-order valence-corrected chi connectivity index (χ1v) is 5.00. The molecule has 0 amide bonds. The van der Waals surface area contributed by atoms with Crippen LogP contribution in [0, 0.1) is 0 Å². The first-order chi connectivity index (χ1) is 7.11. The molecule has 3 nitrogen and oxygen atoms in total. The molecule has 82 valence electrons. The van der Waals surface area contributed by atoms with Crippen LogP contribution >= 0.6 is 0 Å². The number of nitrogens with zero attached hydrogens (tertiary/aromatic N) is 1. The zero-order valence-electron chi connectivity index (χ0n) is 9.36. The number of ether oxygens (including phenoxy) is 1. The number of nitrogens with two attached hydrogens (primary N) is 1. The number of pyridine rings is 1. The van der Waals surface area contributed by atoms with Gasteiger partial charge in [-0.25, -0.2) is 4.98 Å². The summed E-state index contributed by atoms with van der Waals surface area (Å²) in [5, 5.41) is 0. The van der Waals surface area contributed by atoms with E-state index in [0.717, 1.165) is 24.0 Å². The van der Waals surface area contributed by atoms with Gasteiger partial charge in [-0.3, -0.25) is 0 Å². The van der Waals surface area contributed by atoms with Crippen molar-refractivity contribution in [2.24, 2.45) is 5.73 Å². The van der Waals surface area contributed by atoms with E-state index in [2.05, 4.69) is 11.6 Å². The molecule has 0 aliphatic rings. The van der Waals surface area contributed by atoms with Crippen molar-refractivity contribution in [3.05, 3.63) is 36.0 Å². The highest BCUT2D eigenvalue weighted by Gasteiger charge is 2.04. The number of rotatable bonds is 5. The molecule has 1 aromatic rings. The van der Waals surface area contributed by atoms with Gasteiger partial charge in [-0.2, -0.15) is 0 Å². The minimum atomic E-state index is 0.123. The summed E-state index contributed by atoms with van der Waals surface area (Å²) in [6.07, 6.45) is 3.48. The molecule has 15 heavy (non-hydrogen) atoms. The summed E-state index contributed by atoms with van der Waals surface area (Å²) < 4.78 is 4.98. The average Bonchev–Trinajstić information content (AvgIpc) is 2.17. The maximum Gasteiger partial charge on any atom is 0.212 e. The molecule has 1 rings (SSSR count). The molecule has 0 aliphatic heterocycles. The van der Waals surface area contributed by atoms with Gasteiger partial charge in [0.15, 0.2) is 0 Å². The SMILES string of the molecule is C=C(C)CC(N)Cc1ccc(OC)nc1. The molecular weight excluding hydrogens is 188 g/mol. The summed E-state index contributed by atoms with van der Waals surface area (Å²) in [5.41, 5.74) is 8.20. The molecule has 1 atom stereocenters. The van der Waals surface area contributed by atoms with Crippen LogP contribution in [-0.2, 0) is 6.42 Å². The number of hydrogen-bond donors (Lipinski definition) is 1. The smallest absolute Gasteiger partial charge is 0.212 e. The van der Waals surface area contributed by atoms with Gasteiger partial charge in [-0.05, 0) is 25.3 Å². The summed E-state index contributed by atoms with van der Waals surface area (Å²) in [6, 6.07) is 3.96. The monoisotopic (exact) mass is 206 g/mol. The molecule has 0 aliphatic carbocycles. The largest absolute Gasteiger partial charge is 0.481 e. The molecule has 0 radical (unpaired) electrons. The highest BCUT2D eigenvalue weighted by atomic mass is 16.5. The summed E-state index contributed by atoms with van der Waals surface area (Å²) >= 11 is 0. The molecule has 1 unspecified atom stereocenters. The summed E-state index contributed by atoms with van der Waals surface area (Å²) in [4.78, 5) is 4.13. The molecular formula is C12H18N2O. The Morgan fingerprint density at radius 2 is 2.33 bits per heavy atom. The highest BCUT2D eigenvalue weighted by molar-refractivity contribution is 5.18. The Hall–Kier alpha value is -1.35. The Morgan fingerprint density at radius 1 is 1.60 bits per heavy atom. The molecule has 0 saturated carbocycles. The van der Waals surface area contributed by atoms with Gasteiger partial charge in [0.1, 0.15) is 0 Å². The molecule has 1 heterocycles. The number of aromatic nitrogens is 1. The topological polar surface area (TPSA) is 48.1 Å². The van der Waals surface area contributed by atoms with Crippen LogP contribution in [0.4, 0.5) is 0 Å². The third-order valence-corrected chi connectivity index (χ3v) is 2.12. The Bertz CT molecular complexity index is 319. The maximum atomic E-state index is 5.96. The minimum Gasteiger partial charge on any atom is -0.481 e. The van der Waals surface area contributed by atoms with Crippen LogP contribution in [0.1, 0.15) is 18.9 Å².